The van der Waals surface area contributed by atoms with Gasteiger partial charge < -0.3 is 38.1 Å². The predicted octanol–water partition coefficient (Wildman–Crippen LogP) is 6.39. The minimum Gasteiger partial charge on any atom is -0.472 e. The fraction of sp³-hybridized carbons (Fsp3) is 0.514. The number of imide groups is 1. The highest BCUT2D eigenvalue weighted by Gasteiger charge is 2.38. The number of pyridine rings is 1. The maximum absolute atomic E-state index is 13.7. The number of hydrogen-bond donors (Lipinski definition) is 0. The van der Waals surface area contributed by atoms with Crippen LogP contribution < -0.4 is 19.3 Å². The number of ether oxygens (including phenoxy) is 7. The first-order valence-corrected chi connectivity index (χ1v) is 17.3. The van der Waals surface area contributed by atoms with E-state index in [4.69, 9.17) is 38.3 Å². The summed E-state index contributed by atoms with van der Waals surface area (Å²) in [6, 6.07) is 12.9. The maximum atomic E-state index is 13.7. The number of para-hydroxylation sites is 1. The Kier molecular flexibility index (Phi) is 12.4. The van der Waals surface area contributed by atoms with Crippen molar-refractivity contribution >= 4 is 34.7 Å². The van der Waals surface area contributed by atoms with Gasteiger partial charge in [-0.2, -0.15) is 10.00 Å². The van der Waals surface area contributed by atoms with E-state index in [9.17, 15) is 9.59 Å². The molecule has 0 radical (unpaired) electrons. The zero-order valence-corrected chi connectivity index (χ0v) is 31.8. The molecular weight excluding hydrogens is 686 g/mol. The van der Waals surface area contributed by atoms with Gasteiger partial charge in [0.05, 0.1) is 17.3 Å². The average Bonchev–Trinajstić information content (AvgIpc) is 3.48. The fourth-order valence-corrected chi connectivity index (χ4v) is 5.70. The molecule has 16 heteroatoms. The van der Waals surface area contributed by atoms with Crippen LogP contribution in [-0.4, -0.2) is 102 Å². The second kappa shape index (κ2) is 16.7. The van der Waals surface area contributed by atoms with Gasteiger partial charge in [0.25, 0.3) is 0 Å². The summed E-state index contributed by atoms with van der Waals surface area (Å²) in [5.41, 5.74) is 1.09. The van der Waals surface area contributed by atoms with Gasteiger partial charge in [0.1, 0.15) is 23.6 Å². The van der Waals surface area contributed by atoms with Crippen LogP contribution in [0.4, 0.5) is 21.1 Å². The number of benzene rings is 1. The van der Waals surface area contributed by atoms with E-state index < -0.39 is 29.7 Å². The average molecular weight is 736 g/mol. The number of amides is 2. The van der Waals surface area contributed by atoms with Crippen molar-refractivity contribution in [3.05, 3.63) is 48.7 Å². The van der Waals surface area contributed by atoms with E-state index in [1.165, 1.54) is 0 Å². The van der Waals surface area contributed by atoms with Gasteiger partial charge in [0.15, 0.2) is 24.4 Å². The van der Waals surface area contributed by atoms with E-state index in [2.05, 4.69) is 20.1 Å². The van der Waals surface area contributed by atoms with Crippen molar-refractivity contribution < 1.29 is 42.7 Å². The SMILES string of the molecule is COCOc1ccccc1-c1cc2c(nn1)c(N(C(=O)OC(C)(C)C)C(=O)OC(C)(C)C)nn2C1CCN(c2ccnc(OCC(OC)OC)c2)CC1. The number of rotatable bonds is 12. The number of methoxy groups -OCH3 is 3. The Morgan fingerprint density at radius 3 is 2.17 bits per heavy atom. The Balaban J connectivity index is 1.53. The molecule has 3 aromatic heterocycles. The summed E-state index contributed by atoms with van der Waals surface area (Å²) in [7, 11) is 4.64. The number of hydrogen-bond acceptors (Lipinski definition) is 14. The summed E-state index contributed by atoms with van der Waals surface area (Å²) in [4.78, 5) is 34.8. The van der Waals surface area contributed by atoms with Gasteiger partial charge in [-0.15, -0.1) is 10.2 Å². The van der Waals surface area contributed by atoms with Crippen molar-refractivity contribution in [3.8, 4) is 22.9 Å². The molecule has 1 fully saturated rings. The van der Waals surface area contributed by atoms with Gasteiger partial charge >= 0.3 is 12.2 Å². The topological polar surface area (TPSA) is 162 Å². The van der Waals surface area contributed by atoms with Gasteiger partial charge in [-0.05, 0) is 78.6 Å². The number of fused-ring (bicyclic) bond motifs is 1. The highest BCUT2D eigenvalue weighted by Crippen LogP contribution is 2.37. The summed E-state index contributed by atoms with van der Waals surface area (Å²) < 4.78 is 40.4. The quantitative estimate of drug-likeness (QED) is 0.147. The van der Waals surface area contributed by atoms with Crippen LogP contribution in [0, 0.1) is 0 Å². The molecule has 5 rings (SSSR count). The molecule has 0 spiro atoms. The molecule has 1 aliphatic heterocycles. The van der Waals surface area contributed by atoms with Crippen LogP contribution in [0.5, 0.6) is 11.6 Å². The lowest BCUT2D eigenvalue weighted by molar-refractivity contribution is -0.122. The van der Waals surface area contributed by atoms with Crippen molar-refractivity contribution in [2.24, 2.45) is 0 Å². The number of carbonyl (C=O) groups excluding carboxylic acids is 2. The number of nitrogens with zero attached hydrogens (tertiary/aromatic N) is 7. The Hall–Kier alpha value is -5.06. The molecule has 4 aromatic rings. The molecule has 0 saturated carbocycles. The largest absolute Gasteiger partial charge is 0.472 e. The summed E-state index contributed by atoms with van der Waals surface area (Å²) in [5, 5.41) is 14.0. The standard InChI is InChI=1S/C37H49N7O9/c1-36(2,3)52-34(45)43(35(46)53-37(4,5)6)33-32-28(21-27(39-40-32)26-12-10-11-13-29(26)51-23-47-7)44(41-33)24-15-18-42(19-16-24)25-14-17-38-30(20-25)50-22-31(48-8)49-9/h10-14,17,20-21,24,31H,15-16,18-19,22-23H2,1-9H3. The molecule has 1 aliphatic rings. The molecule has 286 valence electrons. The maximum Gasteiger partial charge on any atom is 0.425 e. The number of carbonyl (C=O) groups is 2. The molecule has 16 nitrogen and oxygen atoms in total. The van der Waals surface area contributed by atoms with Crippen LogP contribution in [0.2, 0.25) is 0 Å². The molecule has 0 bridgehead atoms. The molecule has 2 amide bonds. The first kappa shape index (κ1) is 39.2. The van der Waals surface area contributed by atoms with Crippen molar-refractivity contribution in [3.63, 3.8) is 0 Å². The Bertz CT molecular complexity index is 1830. The highest BCUT2D eigenvalue weighted by molar-refractivity contribution is 6.13. The number of piperidine rings is 1. The van der Waals surface area contributed by atoms with E-state index in [0.717, 1.165) is 10.6 Å². The molecule has 1 saturated heterocycles. The van der Waals surface area contributed by atoms with Crippen LogP contribution in [0.3, 0.4) is 0 Å². The van der Waals surface area contributed by atoms with E-state index in [0.29, 0.717) is 54.3 Å². The van der Waals surface area contributed by atoms with Gasteiger partial charge in [0, 0.05) is 57.9 Å². The fourth-order valence-electron chi connectivity index (χ4n) is 5.70. The Labute approximate surface area is 309 Å². The van der Waals surface area contributed by atoms with Crippen molar-refractivity contribution in [1.29, 1.82) is 0 Å². The van der Waals surface area contributed by atoms with Gasteiger partial charge in [-0.3, -0.25) is 4.68 Å². The minimum atomic E-state index is -0.949. The molecule has 1 aromatic carbocycles. The van der Waals surface area contributed by atoms with E-state index in [1.807, 2.05) is 47.1 Å². The molecule has 4 heterocycles. The summed E-state index contributed by atoms with van der Waals surface area (Å²) in [6.07, 6.45) is 0.644. The van der Waals surface area contributed by atoms with Crippen LogP contribution in [0.1, 0.15) is 60.4 Å². The number of anilines is 2. The van der Waals surface area contributed by atoms with Gasteiger partial charge in [-0.1, -0.05) is 12.1 Å². The Morgan fingerprint density at radius 1 is 0.887 bits per heavy atom. The third kappa shape index (κ3) is 9.88. The third-order valence-corrected chi connectivity index (χ3v) is 8.08. The molecule has 0 unspecified atom stereocenters. The lowest BCUT2D eigenvalue weighted by Gasteiger charge is -2.34. The van der Waals surface area contributed by atoms with E-state index >= 15 is 0 Å². The van der Waals surface area contributed by atoms with Crippen LogP contribution in [-0.2, 0) is 23.7 Å². The first-order valence-electron chi connectivity index (χ1n) is 17.3. The highest BCUT2D eigenvalue weighted by atomic mass is 16.7. The van der Waals surface area contributed by atoms with E-state index in [-0.39, 0.29) is 30.8 Å². The summed E-state index contributed by atoms with van der Waals surface area (Å²) >= 11 is 0. The second-order valence-electron chi connectivity index (χ2n) is 14.4. The van der Waals surface area contributed by atoms with Crippen LogP contribution in [0.15, 0.2) is 48.7 Å². The van der Waals surface area contributed by atoms with Crippen LogP contribution in [0.25, 0.3) is 22.3 Å². The zero-order chi connectivity index (χ0) is 38.3. The molecule has 0 atom stereocenters. The molecule has 0 N–H and O–H groups in total. The lowest BCUT2D eigenvalue weighted by Crippen LogP contribution is -2.44. The monoisotopic (exact) mass is 735 g/mol. The number of aromatic nitrogens is 5. The lowest BCUT2D eigenvalue weighted by atomic mass is 10.0. The van der Waals surface area contributed by atoms with Crippen LogP contribution >= 0.6 is 0 Å². The van der Waals surface area contributed by atoms with Crippen molar-refractivity contribution in [2.75, 3.05) is 57.6 Å². The third-order valence-electron chi connectivity index (χ3n) is 8.08. The summed E-state index contributed by atoms with van der Waals surface area (Å²) in [6.45, 7) is 11.9. The Morgan fingerprint density at radius 2 is 1.55 bits per heavy atom. The smallest absolute Gasteiger partial charge is 0.425 e. The van der Waals surface area contributed by atoms with Crippen molar-refractivity contribution in [1.82, 2.24) is 25.0 Å². The normalized spacial score (nSPS) is 14.0. The summed E-state index contributed by atoms with van der Waals surface area (Å²) in [5.74, 6) is 0.958. The molecular formula is C37H49N7O9. The van der Waals surface area contributed by atoms with Gasteiger partial charge in [0.2, 0.25) is 5.88 Å². The molecule has 53 heavy (non-hydrogen) atoms. The van der Waals surface area contributed by atoms with Gasteiger partial charge in [-0.25, -0.2) is 14.6 Å². The molecule has 0 aliphatic carbocycles. The second-order valence-corrected chi connectivity index (χ2v) is 14.4. The predicted molar refractivity (Wildman–Crippen MR) is 196 cm³/mol. The van der Waals surface area contributed by atoms with Crippen molar-refractivity contribution in [2.45, 2.75) is 77.9 Å². The minimum absolute atomic E-state index is 0.0417. The zero-order valence-electron chi connectivity index (χ0n) is 31.8. The van der Waals surface area contributed by atoms with E-state index in [1.54, 1.807) is 69.1 Å². The first-order chi connectivity index (χ1) is 25.2.